The Morgan fingerprint density at radius 2 is 1.91 bits per heavy atom. The van der Waals surface area contributed by atoms with Gasteiger partial charge in [-0.2, -0.15) is 23.7 Å². The van der Waals surface area contributed by atoms with Crippen LogP contribution in [0.2, 0.25) is 0 Å². The number of nitrogens with one attached hydrogen (secondary N) is 1. The smallest absolute Gasteiger partial charge is 0.373 e. The van der Waals surface area contributed by atoms with E-state index in [1.165, 1.54) is 0 Å². The Morgan fingerprint density at radius 1 is 1.12 bits per heavy atom. The first kappa shape index (κ1) is 22.7. The van der Waals surface area contributed by atoms with Gasteiger partial charge in [0.1, 0.15) is 6.54 Å². The maximum Gasteiger partial charge on any atom is 0.406 e. The standard InChI is InChI=1S/C24H20F3N5/c1-23(2,15-29)22-9-8-18(14-31-22)30-12-4-6-19-13-20-17(10-11-28)5-3-7-21(20)32(19)16-24(25,26)27/h3,5,7-9,13-14,30H,10,12,16H2,1-2H3. The summed E-state index contributed by atoms with van der Waals surface area (Å²) in [4.78, 5) is 4.28. The normalized spacial score (nSPS) is 11.3. The van der Waals surface area contributed by atoms with Gasteiger partial charge in [0.15, 0.2) is 0 Å². The molecule has 0 aliphatic rings. The van der Waals surface area contributed by atoms with E-state index in [2.05, 4.69) is 28.2 Å². The number of halogens is 3. The van der Waals surface area contributed by atoms with Crippen molar-refractivity contribution in [2.75, 3.05) is 11.9 Å². The molecule has 2 aromatic heterocycles. The van der Waals surface area contributed by atoms with Gasteiger partial charge in [0.2, 0.25) is 0 Å². The zero-order chi connectivity index (χ0) is 23.4. The molecule has 1 aromatic carbocycles. The maximum atomic E-state index is 13.2. The summed E-state index contributed by atoms with van der Waals surface area (Å²) >= 11 is 0. The Bertz CT molecular complexity index is 1260. The Balaban J connectivity index is 1.83. The van der Waals surface area contributed by atoms with E-state index in [1.807, 2.05) is 6.07 Å². The van der Waals surface area contributed by atoms with E-state index >= 15 is 0 Å². The highest BCUT2D eigenvalue weighted by Gasteiger charge is 2.29. The molecule has 162 valence electrons. The molecule has 0 radical (unpaired) electrons. The van der Waals surface area contributed by atoms with Gasteiger partial charge in [0.25, 0.3) is 0 Å². The molecule has 32 heavy (non-hydrogen) atoms. The first-order valence-corrected chi connectivity index (χ1v) is 9.80. The molecule has 5 nitrogen and oxygen atoms in total. The Morgan fingerprint density at radius 3 is 2.53 bits per heavy atom. The van der Waals surface area contributed by atoms with E-state index in [1.54, 1.807) is 56.4 Å². The van der Waals surface area contributed by atoms with Crippen LogP contribution in [0.4, 0.5) is 18.9 Å². The van der Waals surface area contributed by atoms with Crippen LogP contribution in [0.1, 0.15) is 30.8 Å². The predicted octanol–water partition coefficient (Wildman–Crippen LogP) is 4.93. The molecule has 0 aliphatic heterocycles. The van der Waals surface area contributed by atoms with Crippen molar-refractivity contribution < 1.29 is 13.2 Å². The fourth-order valence-electron chi connectivity index (χ4n) is 3.24. The molecular weight excluding hydrogens is 415 g/mol. The van der Waals surface area contributed by atoms with Crippen molar-refractivity contribution in [3.8, 4) is 24.0 Å². The number of rotatable bonds is 5. The summed E-state index contributed by atoms with van der Waals surface area (Å²) in [5, 5.41) is 21.8. The second kappa shape index (κ2) is 9.04. The summed E-state index contributed by atoms with van der Waals surface area (Å²) in [6, 6.07) is 14.3. The molecule has 0 unspecified atom stereocenters. The fraction of sp³-hybridized carbons (Fsp3) is 0.292. The van der Waals surface area contributed by atoms with Crippen molar-refractivity contribution in [3.63, 3.8) is 0 Å². The summed E-state index contributed by atoms with van der Waals surface area (Å²) in [5.74, 6) is 5.66. The highest BCUT2D eigenvalue weighted by molar-refractivity contribution is 5.86. The lowest BCUT2D eigenvalue weighted by Gasteiger charge is -2.14. The van der Waals surface area contributed by atoms with E-state index < -0.39 is 18.1 Å². The summed E-state index contributed by atoms with van der Waals surface area (Å²) in [7, 11) is 0. The molecule has 2 heterocycles. The number of nitrogens with zero attached hydrogens (tertiary/aromatic N) is 4. The van der Waals surface area contributed by atoms with E-state index in [0.717, 1.165) is 4.57 Å². The third kappa shape index (κ3) is 5.20. The van der Waals surface area contributed by atoms with Gasteiger partial charge in [-0.05, 0) is 49.6 Å². The third-order valence-electron chi connectivity index (χ3n) is 4.92. The molecule has 0 amide bonds. The topological polar surface area (TPSA) is 77.4 Å². The minimum absolute atomic E-state index is 0.105. The van der Waals surface area contributed by atoms with Crippen LogP contribution < -0.4 is 5.32 Å². The molecule has 3 rings (SSSR count). The number of aromatic nitrogens is 2. The molecule has 0 saturated carbocycles. The van der Waals surface area contributed by atoms with Crippen LogP contribution >= 0.6 is 0 Å². The van der Waals surface area contributed by atoms with E-state index in [9.17, 15) is 18.4 Å². The van der Waals surface area contributed by atoms with Gasteiger partial charge >= 0.3 is 6.18 Å². The minimum Gasteiger partial charge on any atom is -0.373 e. The number of nitriles is 2. The third-order valence-corrected chi connectivity index (χ3v) is 4.92. The molecule has 0 atom stereocenters. The average Bonchev–Trinajstić information content (AvgIpc) is 3.08. The molecule has 3 aromatic rings. The van der Waals surface area contributed by atoms with Gasteiger partial charge in [0.05, 0.1) is 53.8 Å². The van der Waals surface area contributed by atoms with E-state index in [-0.39, 0.29) is 18.7 Å². The van der Waals surface area contributed by atoms with Crippen LogP contribution in [0, 0.1) is 34.5 Å². The SMILES string of the molecule is CC(C)(C#N)c1ccc(NCC#Cc2cc3c(CC#N)cccc3n2CC(F)(F)F)cn1. The zero-order valence-corrected chi connectivity index (χ0v) is 17.6. The zero-order valence-electron chi connectivity index (χ0n) is 17.6. The minimum atomic E-state index is -4.41. The lowest BCUT2D eigenvalue weighted by Crippen LogP contribution is -2.18. The van der Waals surface area contributed by atoms with Crippen molar-refractivity contribution in [2.24, 2.45) is 0 Å². The number of pyridine rings is 1. The second-order valence-electron chi connectivity index (χ2n) is 7.74. The van der Waals surface area contributed by atoms with Gasteiger partial charge in [-0.1, -0.05) is 18.1 Å². The molecule has 0 spiro atoms. The molecular formula is C24H20F3N5. The molecule has 1 N–H and O–H groups in total. The van der Waals surface area contributed by atoms with Crippen molar-refractivity contribution in [2.45, 2.75) is 38.4 Å². The van der Waals surface area contributed by atoms with Crippen LogP contribution in [0.5, 0.6) is 0 Å². The van der Waals surface area contributed by atoms with Crippen LogP contribution in [-0.4, -0.2) is 22.3 Å². The van der Waals surface area contributed by atoms with Gasteiger partial charge in [0, 0.05) is 10.9 Å². The lowest BCUT2D eigenvalue weighted by molar-refractivity contribution is -0.140. The van der Waals surface area contributed by atoms with Crippen molar-refractivity contribution in [1.29, 1.82) is 10.5 Å². The summed E-state index contributed by atoms with van der Waals surface area (Å²) in [5.41, 5.74) is 1.92. The van der Waals surface area contributed by atoms with Crippen LogP contribution in [0.15, 0.2) is 42.6 Å². The van der Waals surface area contributed by atoms with Crippen molar-refractivity contribution >= 4 is 16.6 Å². The van der Waals surface area contributed by atoms with Gasteiger partial charge in [-0.3, -0.25) is 4.98 Å². The van der Waals surface area contributed by atoms with Crippen LogP contribution in [0.25, 0.3) is 10.9 Å². The fourth-order valence-corrected chi connectivity index (χ4v) is 3.24. The maximum absolute atomic E-state index is 13.2. The Hall–Kier alpha value is -3.96. The molecule has 0 bridgehead atoms. The summed E-state index contributed by atoms with van der Waals surface area (Å²) in [6.45, 7) is 2.58. The number of benzene rings is 1. The monoisotopic (exact) mass is 435 g/mol. The highest BCUT2D eigenvalue weighted by atomic mass is 19.4. The molecule has 0 saturated heterocycles. The first-order chi connectivity index (χ1) is 15.1. The van der Waals surface area contributed by atoms with Crippen molar-refractivity contribution in [3.05, 3.63) is 59.5 Å². The number of hydrogen-bond donors (Lipinski definition) is 1. The number of hydrogen-bond acceptors (Lipinski definition) is 4. The van der Waals surface area contributed by atoms with E-state index in [4.69, 9.17) is 5.26 Å². The number of alkyl halides is 3. The van der Waals surface area contributed by atoms with Crippen molar-refractivity contribution in [1.82, 2.24) is 9.55 Å². The predicted molar refractivity (Wildman–Crippen MR) is 116 cm³/mol. The quantitative estimate of drug-likeness (QED) is 0.577. The first-order valence-electron chi connectivity index (χ1n) is 9.80. The molecule has 8 heteroatoms. The molecule has 0 aliphatic carbocycles. The average molecular weight is 435 g/mol. The van der Waals surface area contributed by atoms with Gasteiger partial charge < -0.3 is 9.88 Å². The second-order valence-corrected chi connectivity index (χ2v) is 7.74. The van der Waals surface area contributed by atoms with Gasteiger partial charge in [-0.25, -0.2) is 0 Å². The Kier molecular flexibility index (Phi) is 6.42. The van der Waals surface area contributed by atoms with Crippen LogP contribution in [-0.2, 0) is 18.4 Å². The lowest BCUT2D eigenvalue weighted by atomic mass is 9.91. The van der Waals surface area contributed by atoms with Crippen LogP contribution in [0.3, 0.4) is 0 Å². The largest absolute Gasteiger partial charge is 0.406 e. The van der Waals surface area contributed by atoms with Gasteiger partial charge in [-0.15, -0.1) is 0 Å². The van der Waals surface area contributed by atoms with E-state index in [0.29, 0.717) is 27.8 Å². The molecule has 0 fully saturated rings. The number of anilines is 1. The summed E-state index contributed by atoms with van der Waals surface area (Å²) < 4.78 is 40.6. The number of fused-ring (bicyclic) bond motifs is 1. The highest BCUT2D eigenvalue weighted by Crippen LogP contribution is 2.28. The Labute approximate surface area is 184 Å². The summed E-state index contributed by atoms with van der Waals surface area (Å²) in [6.07, 6.45) is -2.71.